The maximum Gasteiger partial charge on any atom is 0.335 e. The van der Waals surface area contributed by atoms with E-state index >= 15 is 0 Å². The van der Waals surface area contributed by atoms with Crippen molar-refractivity contribution in [3.05, 3.63) is 24.3 Å². The van der Waals surface area contributed by atoms with Crippen molar-refractivity contribution >= 4 is 23.9 Å². The van der Waals surface area contributed by atoms with Crippen molar-refractivity contribution in [1.82, 2.24) is 0 Å². The van der Waals surface area contributed by atoms with Crippen LogP contribution in [0.4, 0.5) is 0 Å². The Bertz CT molecular complexity index is 1500. The molecule has 81 heavy (non-hydrogen) atoms. The summed E-state index contributed by atoms with van der Waals surface area (Å²) in [4.78, 5) is 51.4. The Morgan fingerprint density at radius 1 is 0.395 bits per heavy atom. The normalized spacial score (nSPS) is 17.8. The Morgan fingerprint density at radius 3 is 1.05 bits per heavy atom. The average Bonchev–Trinajstić information content (AvgIpc) is 3.53. The fourth-order valence-electron chi connectivity index (χ4n) is 10.7. The second-order valence-corrected chi connectivity index (χ2v) is 23.8. The minimum atomic E-state index is -1.90. The number of esters is 3. The minimum Gasteiger partial charge on any atom is -0.479 e. The Hall–Kier alpha value is -2.80. The number of aliphatic hydroxyl groups excluding tert-OH is 2. The average molecular weight is 1150 g/mol. The number of rotatable bonds is 60. The number of hydrogen-bond donors (Lipinski definition) is 3. The van der Waals surface area contributed by atoms with E-state index in [9.17, 15) is 34.5 Å². The number of carboxylic acids is 1. The second kappa shape index (κ2) is 57.6. The molecule has 1 rings (SSSR count). The van der Waals surface area contributed by atoms with Crippen LogP contribution in [0.5, 0.6) is 0 Å². The largest absolute Gasteiger partial charge is 0.479 e. The van der Waals surface area contributed by atoms with E-state index in [-0.39, 0.29) is 25.9 Å². The van der Waals surface area contributed by atoms with E-state index in [1.54, 1.807) is 0 Å². The summed E-state index contributed by atoms with van der Waals surface area (Å²) >= 11 is 0. The van der Waals surface area contributed by atoms with Gasteiger partial charge >= 0.3 is 23.9 Å². The molecule has 6 atom stereocenters. The molecule has 0 aromatic heterocycles. The van der Waals surface area contributed by atoms with Gasteiger partial charge in [0.1, 0.15) is 18.8 Å². The minimum absolute atomic E-state index is 0.0602. The molecule has 0 aliphatic carbocycles. The highest BCUT2D eigenvalue weighted by atomic mass is 16.7. The van der Waals surface area contributed by atoms with Crippen molar-refractivity contribution in [2.45, 2.75) is 379 Å². The van der Waals surface area contributed by atoms with Gasteiger partial charge in [-0.15, -0.1) is 0 Å². The number of hydrogen-bond acceptors (Lipinski definition) is 11. The van der Waals surface area contributed by atoms with Crippen LogP contribution in [0.2, 0.25) is 0 Å². The summed E-state index contributed by atoms with van der Waals surface area (Å²) in [5.41, 5.74) is 0. The molecule has 0 bridgehead atoms. The summed E-state index contributed by atoms with van der Waals surface area (Å²) in [5.74, 6) is -3.09. The van der Waals surface area contributed by atoms with Crippen LogP contribution in [0.1, 0.15) is 342 Å². The molecule has 12 nitrogen and oxygen atoms in total. The van der Waals surface area contributed by atoms with Crippen molar-refractivity contribution in [2.24, 2.45) is 0 Å². The van der Waals surface area contributed by atoms with Crippen LogP contribution < -0.4 is 0 Å². The van der Waals surface area contributed by atoms with Gasteiger partial charge in [0.2, 0.25) is 0 Å². The molecule has 1 fully saturated rings. The van der Waals surface area contributed by atoms with Crippen LogP contribution in [0.25, 0.3) is 0 Å². The quantitative estimate of drug-likeness (QED) is 0.0228. The molecule has 0 amide bonds. The summed E-state index contributed by atoms with van der Waals surface area (Å²) in [6, 6.07) is 0. The zero-order valence-corrected chi connectivity index (χ0v) is 52.6. The highest BCUT2D eigenvalue weighted by Gasteiger charge is 2.50. The predicted molar refractivity (Wildman–Crippen MR) is 331 cm³/mol. The van der Waals surface area contributed by atoms with Crippen LogP contribution in [0.15, 0.2) is 24.3 Å². The molecule has 0 radical (unpaired) electrons. The maximum atomic E-state index is 13.2. The van der Waals surface area contributed by atoms with Gasteiger partial charge in [0.05, 0.1) is 6.61 Å². The standard InChI is InChI=1S/C69H126O12/c1-4-7-10-13-16-19-22-25-28-31-34-37-40-43-46-49-52-55-61(70)77-58-60(79-62(71)56-53-50-47-44-41-38-35-32-29-26-23-20-17-14-11-8-5-2)59-78-69-67(65(74)64(73)66(81-69)68(75)76)80-63(72)57-54-51-48-45-42-39-36-33-30-27-24-21-18-15-12-9-6-3/h25,27-28,30,60,64-67,69,73-74H,4-24,26,29,31-59H2,1-3H3,(H,75,76)/b28-25-,30-27-. The van der Waals surface area contributed by atoms with Gasteiger partial charge < -0.3 is 39.0 Å². The maximum absolute atomic E-state index is 13.2. The molecule has 3 N–H and O–H groups in total. The molecule has 1 aliphatic heterocycles. The van der Waals surface area contributed by atoms with Crippen LogP contribution in [0.3, 0.4) is 0 Å². The number of allylic oxidation sites excluding steroid dienone is 4. The Kier molecular flexibility index (Phi) is 54.2. The van der Waals surface area contributed by atoms with Crippen molar-refractivity contribution in [1.29, 1.82) is 0 Å². The smallest absolute Gasteiger partial charge is 0.335 e. The molecule has 474 valence electrons. The lowest BCUT2D eigenvalue weighted by Crippen LogP contribution is -2.61. The monoisotopic (exact) mass is 1150 g/mol. The summed E-state index contributed by atoms with van der Waals surface area (Å²) in [7, 11) is 0. The molecule has 1 heterocycles. The van der Waals surface area contributed by atoms with Crippen LogP contribution in [-0.4, -0.2) is 89.2 Å². The first-order chi connectivity index (χ1) is 39.6. The highest BCUT2D eigenvalue weighted by Crippen LogP contribution is 2.27. The Balaban J connectivity index is 2.63. The van der Waals surface area contributed by atoms with Gasteiger partial charge in [-0.2, -0.15) is 0 Å². The molecular weight excluding hydrogens is 1020 g/mol. The molecule has 1 saturated heterocycles. The third kappa shape index (κ3) is 47.2. The molecule has 0 aromatic carbocycles. The number of carboxylic acid groups (broad SMARTS) is 1. The fourth-order valence-corrected chi connectivity index (χ4v) is 10.7. The van der Waals surface area contributed by atoms with Crippen molar-refractivity contribution in [3.63, 3.8) is 0 Å². The molecule has 12 heteroatoms. The van der Waals surface area contributed by atoms with E-state index in [4.69, 9.17) is 23.7 Å². The van der Waals surface area contributed by atoms with Crippen molar-refractivity contribution in [2.75, 3.05) is 13.2 Å². The lowest BCUT2D eigenvalue weighted by molar-refractivity contribution is -0.301. The molecular formula is C69H126O12. The fraction of sp³-hybridized carbons (Fsp3) is 0.884. The molecule has 6 unspecified atom stereocenters. The number of aliphatic carboxylic acids is 1. The van der Waals surface area contributed by atoms with Crippen LogP contribution in [0, 0.1) is 0 Å². The Morgan fingerprint density at radius 2 is 0.704 bits per heavy atom. The van der Waals surface area contributed by atoms with E-state index in [0.29, 0.717) is 19.3 Å². The van der Waals surface area contributed by atoms with Crippen LogP contribution in [-0.2, 0) is 42.9 Å². The highest BCUT2D eigenvalue weighted by molar-refractivity contribution is 5.74. The second-order valence-electron chi connectivity index (χ2n) is 23.8. The lowest BCUT2D eigenvalue weighted by Gasteiger charge is -2.40. The topological polar surface area (TPSA) is 175 Å². The van der Waals surface area contributed by atoms with Gasteiger partial charge in [-0.25, -0.2) is 4.79 Å². The molecule has 0 saturated carbocycles. The van der Waals surface area contributed by atoms with E-state index in [1.807, 2.05) is 0 Å². The van der Waals surface area contributed by atoms with E-state index in [2.05, 4.69) is 45.1 Å². The third-order valence-corrected chi connectivity index (χ3v) is 16.0. The van der Waals surface area contributed by atoms with Crippen molar-refractivity contribution < 1.29 is 58.2 Å². The van der Waals surface area contributed by atoms with Crippen LogP contribution >= 0.6 is 0 Å². The van der Waals surface area contributed by atoms with Gasteiger partial charge in [-0.3, -0.25) is 14.4 Å². The molecule has 0 spiro atoms. The number of carbonyl (C=O) groups is 4. The van der Waals surface area contributed by atoms with E-state index in [1.165, 1.54) is 205 Å². The zero-order chi connectivity index (χ0) is 58.9. The lowest BCUT2D eigenvalue weighted by atomic mass is 9.98. The van der Waals surface area contributed by atoms with Gasteiger partial charge in [0.15, 0.2) is 24.6 Å². The zero-order valence-electron chi connectivity index (χ0n) is 52.6. The number of carbonyl (C=O) groups excluding carboxylic acids is 3. The van der Waals surface area contributed by atoms with Gasteiger partial charge in [0, 0.05) is 19.3 Å². The molecule has 0 aromatic rings. The van der Waals surface area contributed by atoms with Gasteiger partial charge in [-0.05, 0) is 70.6 Å². The summed E-state index contributed by atoms with van der Waals surface area (Å²) in [5, 5.41) is 31.6. The SMILES string of the molecule is CCCCCCCC/C=C\CCCCCCCCCC(=O)OCC(COC1OC(C(=O)O)C(O)C(O)C1OC(=O)CCCCCCCCC/C=C\CCCCCCCC)OC(=O)CCCCCCCCCCCCCCCCCCC. The first kappa shape index (κ1) is 76.2. The van der Waals surface area contributed by atoms with Gasteiger partial charge in [0.25, 0.3) is 0 Å². The summed E-state index contributed by atoms with van der Waals surface area (Å²) in [6.07, 6.45) is 55.6. The Labute approximate surface area is 496 Å². The summed E-state index contributed by atoms with van der Waals surface area (Å²) < 4.78 is 28.6. The summed E-state index contributed by atoms with van der Waals surface area (Å²) in [6.45, 7) is 6.05. The van der Waals surface area contributed by atoms with E-state index in [0.717, 1.165) is 77.0 Å². The number of aliphatic hydroxyl groups is 2. The first-order valence-corrected chi connectivity index (χ1v) is 34.3. The number of unbranched alkanes of at least 4 members (excludes halogenated alkanes) is 42. The van der Waals surface area contributed by atoms with Gasteiger partial charge in [-0.1, -0.05) is 276 Å². The predicted octanol–water partition coefficient (Wildman–Crippen LogP) is 18.6. The van der Waals surface area contributed by atoms with E-state index < -0.39 is 67.3 Å². The number of ether oxygens (including phenoxy) is 5. The first-order valence-electron chi connectivity index (χ1n) is 34.3. The third-order valence-electron chi connectivity index (χ3n) is 16.0. The van der Waals surface area contributed by atoms with Crippen molar-refractivity contribution in [3.8, 4) is 0 Å². The molecule has 1 aliphatic rings.